The van der Waals surface area contributed by atoms with Crippen LogP contribution in [0, 0.1) is 10.1 Å². The Bertz CT molecular complexity index is 735. The van der Waals surface area contributed by atoms with Crippen LogP contribution in [0.5, 0.6) is 0 Å². The van der Waals surface area contributed by atoms with Gasteiger partial charge in [0, 0.05) is 36.6 Å². The smallest absolute Gasteiger partial charge is 0.303 e. The van der Waals surface area contributed by atoms with E-state index in [2.05, 4.69) is 0 Å². The number of rotatable bonds is 5. The predicted molar refractivity (Wildman–Crippen MR) is 71.7 cm³/mol. The maximum Gasteiger partial charge on any atom is 0.303 e. The van der Waals surface area contributed by atoms with Crippen LogP contribution in [0.1, 0.15) is 12.8 Å². The molecule has 0 saturated carbocycles. The number of fused-ring (bicyclic) bond motifs is 1. The Morgan fingerprint density at radius 2 is 2.05 bits per heavy atom. The predicted octanol–water partition coefficient (Wildman–Crippen LogP) is 1.77. The van der Waals surface area contributed by atoms with Crippen molar-refractivity contribution in [2.45, 2.75) is 19.4 Å². The fourth-order valence-corrected chi connectivity index (χ4v) is 2.02. The zero-order chi connectivity index (χ0) is 14.7. The lowest BCUT2D eigenvalue weighted by atomic mass is 10.2. The fraction of sp³-hybridized carbons (Fsp3) is 0.231. The van der Waals surface area contributed by atoms with Gasteiger partial charge in [0.2, 0.25) is 0 Å². The van der Waals surface area contributed by atoms with Gasteiger partial charge < -0.3 is 9.67 Å². The first-order chi connectivity index (χ1) is 9.49. The molecule has 20 heavy (non-hydrogen) atoms. The zero-order valence-corrected chi connectivity index (χ0v) is 10.5. The number of non-ortho nitro benzene ring substituents is 1. The summed E-state index contributed by atoms with van der Waals surface area (Å²) in [5.41, 5.74) is 0.262. The summed E-state index contributed by atoms with van der Waals surface area (Å²) in [5.74, 6) is -0.922. The van der Waals surface area contributed by atoms with Gasteiger partial charge in [-0.3, -0.25) is 19.7 Å². The normalized spacial score (nSPS) is 10.6. The highest BCUT2D eigenvalue weighted by Crippen LogP contribution is 2.19. The van der Waals surface area contributed by atoms with E-state index in [1.54, 1.807) is 0 Å². The SMILES string of the molecule is O=C(O)CCCn1c(=O)ccc2cc([N+](=O)[O-])ccc21. The molecule has 0 aliphatic rings. The lowest BCUT2D eigenvalue weighted by molar-refractivity contribution is -0.384. The van der Waals surface area contributed by atoms with Crippen LogP contribution in [0.4, 0.5) is 5.69 Å². The number of nitro groups is 1. The Labute approximate surface area is 113 Å². The van der Waals surface area contributed by atoms with Crippen LogP contribution < -0.4 is 5.56 Å². The van der Waals surface area contributed by atoms with Gasteiger partial charge in [-0.2, -0.15) is 0 Å². The molecule has 0 aliphatic carbocycles. The number of nitro benzene ring substituents is 1. The summed E-state index contributed by atoms with van der Waals surface area (Å²) in [4.78, 5) is 32.5. The maximum absolute atomic E-state index is 11.8. The third-order valence-electron chi connectivity index (χ3n) is 2.96. The van der Waals surface area contributed by atoms with Crippen LogP contribution >= 0.6 is 0 Å². The van der Waals surface area contributed by atoms with Gasteiger partial charge in [-0.05, 0) is 18.6 Å². The molecule has 0 atom stereocenters. The number of carboxylic acid groups (broad SMARTS) is 1. The molecule has 0 saturated heterocycles. The summed E-state index contributed by atoms with van der Waals surface area (Å²) < 4.78 is 1.43. The van der Waals surface area contributed by atoms with Crippen molar-refractivity contribution in [2.24, 2.45) is 0 Å². The van der Waals surface area contributed by atoms with E-state index in [1.807, 2.05) is 0 Å². The standard InChI is InChI=1S/C13H12N2O5/c16-12-6-3-9-8-10(15(19)20)4-5-11(9)14(12)7-1-2-13(17)18/h3-6,8H,1-2,7H2,(H,17,18). The number of benzene rings is 1. The molecule has 104 valence electrons. The Morgan fingerprint density at radius 1 is 1.30 bits per heavy atom. The molecule has 0 unspecified atom stereocenters. The molecule has 1 aromatic heterocycles. The summed E-state index contributed by atoms with van der Waals surface area (Å²) in [7, 11) is 0. The van der Waals surface area contributed by atoms with E-state index >= 15 is 0 Å². The van der Waals surface area contributed by atoms with Gasteiger partial charge in [0.05, 0.1) is 10.4 Å². The van der Waals surface area contributed by atoms with Crippen molar-refractivity contribution in [3.63, 3.8) is 0 Å². The second-order valence-corrected chi connectivity index (χ2v) is 4.32. The zero-order valence-electron chi connectivity index (χ0n) is 10.5. The average molecular weight is 276 g/mol. The van der Waals surface area contributed by atoms with Crippen LogP contribution in [0.3, 0.4) is 0 Å². The van der Waals surface area contributed by atoms with Crippen LogP contribution in [-0.4, -0.2) is 20.6 Å². The maximum atomic E-state index is 11.8. The van der Waals surface area contributed by atoms with Gasteiger partial charge in [0.1, 0.15) is 0 Å². The van der Waals surface area contributed by atoms with Crippen molar-refractivity contribution in [3.05, 3.63) is 50.8 Å². The Kier molecular flexibility index (Phi) is 3.79. The minimum atomic E-state index is -0.922. The largest absolute Gasteiger partial charge is 0.481 e. The van der Waals surface area contributed by atoms with Crippen LogP contribution in [-0.2, 0) is 11.3 Å². The van der Waals surface area contributed by atoms with Gasteiger partial charge in [-0.1, -0.05) is 0 Å². The van der Waals surface area contributed by atoms with E-state index in [4.69, 9.17) is 5.11 Å². The van der Waals surface area contributed by atoms with Crippen LogP contribution in [0.2, 0.25) is 0 Å². The molecule has 0 fully saturated rings. The molecule has 1 N–H and O–H groups in total. The van der Waals surface area contributed by atoms with E-state index in [-0.39, 0.29) is 24.2 Å². The first kappa shape index (κ1) is 13.7. The van der Waals surface area contributed by atoms with Gasteiger partial charge in [-0.25, -0.2) is 0 Å². The molecular formula is C13H12N2O5. The summed E-state index contributed by atoms with van der Waals surface area (Å²) in [6.07, 6.45) is 0.293. The highest BCUT2D eigenvalue weighted by molar-refractivity contribution is 5.81. The number of pyridine rings is 1. The molecule has 1 heterocycles. The molecule has 0 aliphatic heterocycles. The quantitative estimate of drug-likeness (QED) is 0.662. The number of carbonyl (C=O) groups is 1. The van der Waals surface area contributed by atoms with Crippen LogP contribution in [0.15, 0.2) is 35.1 Å². The molecule has 0 radical (unpaired) electrons. The molecule has 0 amide bonds. The molecule has 2 aromatic rings. The molecule has 7 nitrogen and oxygen atoms in total. The Morgan fingerprint density at radius 3 is 2.70 bits per heavy atom. The first-order valence-corrected chi connectivity index (χ1v) is 5.99. The highest BCUT2D eigenvalue weighted by atomic mass is 16.6. The third kappa shape index (κ3) is 2.82. The monoisotopic (exact) mass is 276 g/mol. The summed E-state index contributed by atoms with van der Waals surface area (Å²) in [6.45, 7) is 0.264. The summed E-state index contributed by atoms with van der Waals surface area (Å²) in [5, 5.41) is 19.9. The van der Waals surface area contributed by atoms with Crippen molar-refractivity contribution >= 4 is 22.6 Å². The number of aromatic nitrogens is 1. The first-order valence-electron chi connectivity index (χ1n) is 5.99. The summed E-state index contributed by atoms with van der Waals surface area (Å²) >= 11 is 0. The van der Waals surface area contributed by atoms with Crippen molar-refractivity contribution < 1.29 is 14.8 Å². The second-order valence-electron chi connectivity index (χ2n) is 4.32. The van der Waals surface area contributed by atoms with Crippen molar-refractivity contribution in [1.29, 1.82) is 0 Å². The van der Waals surface area contributed by atoms with E-state index in [0.717, 1.165) is 0 Å². The van der Waals surface area contributed by atoms with E-state index in [1.165, 1.54) is 34.9 Å². The second kappa shape index (κ2) is 5.52. The van der Waals surface area contributed by atoms with Gasteiger partial charge in [0.25, 0.3) is 11.2 Å². The highest BCUT2D eigenvalue weighted by Gasteiger charge is 2.09. The number of hydrogen-bond donors (Lipinski definition) is 1. The third-order valence-corrected chi connectivity index (χ3v) is 2.96. The number of aliphatic carboxylic acids is 1. The number of nitrogens with zero attached hydrogens (tertiary/aromatic N) is 2. The number of aryl methyl sites for hydroxylation is 1. The van der Waals surface area contributed by atoms with Gasteiger partial charge in [0.15, 0.2) is 0 Å². The molecular weight excluding hydrogens is 264 g/mol. The molecule has 2 rings (SSSR count). The lowest BCUT2D eigenvalue weighted by Gasteiger charge is -2.09. The molecule has 1 aromatic carbocycles. The molecule has 7 heteroatoms. The van der Waals surface area contributed by atoms with Gasteiger partial charge in [-0.15, -0.1) is 0 Å². The van der Waals surface area contributed by atoms with Gasteiger partial charge >= 0.3 is 5.97 Å². The Balaban J connectivity index is 2.42. The fourth-order valence-electron chi connectivity index (χ4n) is 2.02. The molecule has 0 bridgehead atoms. The molecule has 0 spiro atoms. The van der Waals surface area contributed by atoms with Crippen molar-refractivity contribution in [3.8, 4) is 0 Å². The van der Waals surface area contributed by atoms with Crippen molar-refractivity contribution in [2.75, 3.05) is 0 Å². The number of hydrogen-bond acceptors (Lipinski definition) is 4. The Hall–Kier alpha value is -2.70. The van der Waals surface area contributed by atoms with E-state index < -0.39 is 10.9 Å². The lowest BCUT2D eigenvalue weighted by Crippen LogP contribution is -2.19. The topological polar surface area (TPSA) is 102 Å². The van der Waals surface area contributed by atoms with Crippen LogP contribution in [0.25, 0.3) is 10.9 Å². The van der Waals surface area contributed by atoms with Crippen molar-refractivity contribution in [1.82, 2.24) is 4.57 Å². The minimum absolute atomic E-state index is 0.0319. The van der Waals surface area contributed by atoms with E-state index in [0.29, 0.717) is 17.3 Å². The summed E-state index contributed by atoms with van der Waals surface area (Å²) in [6, 6.07) is 7.08. The average Bonchev–Trinajstić information content (AvgIpc) is 2.40. The minimum Gasteiger partial charge on any atom is -0.481 e. The number of carboxylic acids is 1. The van der Waals surface area contributed by atoms with E-state index in [9.17, 15) is 19.7 Å².